The molecule has 1 amide bonds. The van der Waals surface area contributed by atoms with E-state index in [0.717, 1.165) is 26.3 Å². The van der Waals surface area contributed by atoms with Gasteiger partial charge in [-0.05, 0) is 24.5 Å². The summed E-state index contributed by atoms with van der Waals surface area (Å²) in [6.07, 6.45) is 1.17. The van der Waals surface area contributed by atoms with Crippen molar-refractivity contribution < 1.29 is 4.79 Å². The van der Waals surface area contributed by atoms with Gasteiger partial charge in [0.25, 0.3) is 0 Å². The second-order valence-corrected chi connectivity index (χ2v) is 8.13. The fraction of sp³-hybridized carbons (Fsp3) is 0.467. The number of thiophene rings is 1. The van der Waals surface area contributed by atoms with Crippen LogP contribution in [0.4, 0.5) is 0 Å². The first-order valence-corrected chi connectivity index (χ1v) is 9.25. The number of halogens is 1. The van der Waals surface area contributed by atoms with Gasteiger partial charge in [0.2, 0.25) is 5.91 Å². The maximum Gasteiger partial charge on any atom is 0.226 e. The molecule has 3 N–H and O–H groups in total. The van der Waals surface area contributed by atoms with Gasteiger partial charge in [0.15, 0.2) is 0 Å². The molecule has 0 aliphatic rings. The van der Waals surface area contributed by atoms with Crippen molar-refractivity contribution in [3.8, 4) is 9.88 Å². The highest BCUT2D eigenvalue weighted by atomic mass is 35.5. The molecule has 2 rings (SSSR count). The third-order valence-corrected chi connectivity index (χ3v) is 5.37. The normalized spacial score (nSPS) is 12.6. The minimum Gasteiger partial charge on any atom is -0.352 e. The monoisotopic (exact) mass is 357 g/mol. The van der Waals surface area contributed by atoms with Crippen LogP contribution in [0.15, 0.2) is 17.5 Å². The zero-order chi connectivity index (χ0) is 16.1. The predicted molar refractivity (Wildman–Crippen MR) is 94.6 cm³/mol. The molecule has 7 heteroatoms. The fourth-order valence-electron chi connectivity index (χ4n) is 2.16. The summed E-state index contributed by atoms with van der Waals surface area (Å²) >= 11 is 8.96. The molecule has 2 aromatic heterocycles. The van der Waals surface area contributed by atoms with Crippen LogP contribution < -0.4 is 11.1 Å². The Morgan fingerprint density at radius 1 is 1.45 bits per heavy atom. The average Bonchev–Trinajstić information content (AvgIpc) is 3.06. The Morgan fingerprint density at radius 3 is 2.82 bits per heavy atom. The first-order valence-electron chi connectivity index (χ1n) is 7.17. The topological polar surface area (TPSA) is 68.0 Å². The van der Waals surface area contributed by atoms with Gasteiger partial charge in [0, 0.05) is 18.0 Å². The number of carbonyl (C=O) groups excluding carboxylic acids is 1. The zero-order valence-electron chi connectivity index (χ0n) is 12.6. The summed E-state index contributed by atoms with van der Waals surface area (Å²) < 4.78 is 0.740. The van der Waals surface area contributed by atoms with E-state index < -0.39 is 0 Å². The number of hydrogen-bond acceptors (Lipinski definition) is 5. The van der Waals surface area contributed by atoms with Crippen LogP contribution >= 0.6 is 34.3 Å². The third-order valence-electron chi connectivity index (χ3n) is 3.08. The number of nitrogens with zero attached hydrogens (tertiary/aromatic N) is 1. The Balaban J connectivity index is 1.93. The third kappa shape index (κ3) is 5.05. The van der Waals surface area contributed by atoms with E-state index in [1.807, 2.05) is 17.5 Å². The van der Waals surface area contributed by atoms with E-state index in [-0.39, 0.29) is 18.4 Å². The smallest absolute Gasteiger partial charge is 0.226 e. The van der Waals surface area contributed by atoms with Crippen molar-refractivity contribution in [3.63, 3.8) is 0 Å². The van der Waals surface area contributed by atoms with Gasteiger partial charge in [-0.15, -0.1) is 22.7 Å². The first kappa shape index (κ1) is 17.4. The summed E-state index contributed by atoms with van der Waals surface area (Å²) in [7, 11) is 0. The number of nitrogens with one attached hydrogen (secondary N) is 1. The van der Waals surface area contributed by atoms with Crippen molar-refractivity contribution >= 4 is 40.2 Å². The Kier molecular flexibility index (Phi) is 6.37. The lowest BCUT2D eigenvalue weighted by atomic mass is 10.0. The van der Waals surface area contributed by atoms with E-state index in [9.17, 15) is 4.79 Å². The first-order chi connectivity index (χ1) is 10.5. The van der Waals surface area contributed by atoms with Crippen LogP contribution in [-0.4, -0.2) is 23.5 Å². The van der Waals surface area contributed by atoms with Crippen molar-refractivity contribution in [3.05, 3.63) is 27.5 Å². The van der Waals surface area contributed by atoms with Crippen molar-refractivity contribution in [1.29, 1.82) is 0 Å². The van der Waals surface area contributed by atoms with Crippen molar-refractivity contribution in [2.24, 2.45) is 11.7 Å². The van der Waals surface area contributed by atoms with Crippen LogP contribution in [0.2, 0.25) is 4.34 Å². The van der Waals surface area contributed by atoms with Gasteiger partial charge >= 0.3 is 0 Å². The second kappa shape index (κ2) is 8.06. The Labute approximate surface area is 143 Å². The van der Waals surface area contributed by atoms with Crippen LogP contribution in [0, 0.1) is 5.92 Å². The molecule has 0 saturated carbocycles. The van der Waals surface area contributed by atoms with Crippen LogP contribution in [0.25, 0.3) is 9.88 Å². The minimum absolute atomic E-state index is 0.0294. The van der Waals surface area contributed by atoms with E-state index in [1.165, 1.54) is 22.7 Å². The largest absolute Gasteiger partial charge is 0.352 e. The maximum atomic E-state index is 12.1. The van der Waals surface area contributed by atoms with Crippen LogP contribution in [-0.2, 0) is 11.2 Å². The van der Waals surface area contributed by atoms with E-state index >= 15 is 0 Å². The lowest BCUT2D eigenvalue weighted by Crippen LogP contribution is -2.41. The van der Waals surface area contributed by atoms with E-state index in [4.69, 9.17) is 17.3 Å². The van der Waals surface area contributed by atoms with Gasteiger partial charge in [0.05, 0.1) is 21.3 Å². The molecule has 120 valence electrons. The number of carbonyl (C=O) groups is 1. The summed E-state index contributed by atoms with van der Waals surface area (Å²) in [6, 6.07) is 3.83. The number of rotatable bonds is 7. The van der Waals surface area contributed by atoms with E-state index in [1.54, 1.807) is 0 Å². The maximum absolute atomic E-state index is 12.1. The highest BCUT2D eigenvalue weighted by Gasteiger charge is 2.15. The number of thiazole rings is 1. The Morgan fingerprint density at radius 2 is 2.23 bits per heavy atom. The molecule has 0 radical (unpaired) electrons. The summed E-state index contributed by atoms with van der Waals surface area (Å²) in [6.45, 7) is 4.70. The lowest BCUT2D eigenvalue weighted by Gasteiger charge is -2.18. The standard InChI is InChI=1S/C15H20ClN3OS2/c1-9(2)5-10(7-17)18-14(20)6-11-8-21-15(19-11)12-3-4-13(16)22-12/h3-4,8-10H,5-7,17H2,1-2H3,(H,18,20). The van der Waals surface area contributed by atoms with Gasteiger partial charge in [-0.25, -0.2) is 4.98 Å². The highest BCUT2D eigenvalue weighted by Crippen LogP contribution is 2.32. The molecule has 2 aromatic rings. The molecule has 0 saturated heterocycles. The van der Waals surface area contributed by atoms with Gasteiger partial charge in [0.1, 0.15) is 5.01 Å². The van der Waals surface area contributed by atoms with Crippen molar-refractivity contribution in [2.45, 2.75) is 32.7 Å². The lowest BCUT2D eigenvalue weighted by molar-refractivity contribution is -0.121. The minimum atomic E-state index is -0.0304. The summed E-state index contributed by atoms with van der Waals surface area (Å²) in [4.78, 5) is 17.6. The molecule has 0 spiro atoms. The van der Waals surface area contributed by atoms with E-state index in [0.29, 0.717) is 12.5 Å². The van der Waals surface area contributed by atoms with Crippen molar-refractivity contribution in [2.75, 3.05) is 6.54 Å². The molecular weight excluding hydrogens is 338 g/mol. The van der Waals surface area contributed by atoms with Crippen LogP contribution in [0.3, 0.4) is 0 Å². The highest BCUT2D eigenvalue weighted by molar-refractivity contribution is 7.23. The number of amides is 1. The molecule has 4 nitrogen and oxygen atoms in total. The van der Waals surface area contributed by atoms with Crippen LogP contribution in [0.5, 0.6) is 0 Å². The molecule has 0 aliphatic heterocycles. The zero-order valence-corrected chi connectivity index (χ0v) is 15.0. The van der Waals surface area contributed by atoms with Gasteiger partial charge in [-0.3, -0.25) is 4.79 Å². The molecule has 0 fully saturated rings. The molecule has 0 aliphatic carbocycles. The molecular formula is C15H20ClN3OS2. The quantitative estimate of drug-likeness (QED) is 0.796. The molecule has 2 heterocycles. The van der Waals surface area contributed by atoms with Gasteiger partial charge < -0.3 is 11.1 Å². The van der Waals surface area contributed by atoms with E-state index in [2.05, 4.69) is 24.1 Å². The van der Waals surface area contributed by atoms with Gasteiger partial charge in [-0.2, -0.15) is 0 Å². The summed E-state index contributed by atoms with van der Waals surface area (Å²) in [5.74, 6) is 0.473. The number of aromatic nitrogens is 1. The number of hydrogen-bond donors (Lipinski definition) is 2. The molecule has 0 bridgehead atoms. The second-order valence-electron chi connectivity index (χ2n) is 5.55. The average molecular weight is 358 g/mol. The van der Waals surface area contributed by atoms with Crippen LogP contribution in [0.1, 0.15) is 26.0 Å². The summed E-state index contributed by atoms with van der Waals surface area (Å²) in [5.41, 5.74) is 6.49. The molecule has 0 aromatic carbocycles. The Bertz CT molecular complexity index is 624. The van der Waals surface area contributed by atoms with Crippen molar-refractivity contribution in [1.82, 2.24) is 10.3 Å². The SMILES string of the molecule is CC(C)CC(CN)NC(=O)Cc1csc(-c2ccc(Cl)s2)n1. The predicted octanol–water partition coefficient (Wildman–Crippen LogP) is 3.56. The molecule has 22 heavy (non-hydrogen) atoms. The number of nitrogens with two attached hydrogens (primary N) is 1. The molecule has 1 unspecified atom stereocenters. The van der Waals surface area contributed by atoms with Gasteiger partial charge in [-0.1, -0.05) is 25.4 Å². The summed E-state index contributed by atoms with van der Waals surface area (Å²) in [5, 5.41) is 5.80. The Hall–Kier alpha value is -0.950. The molecule has 1 atom stereocenters. The fourth-order valence-corrected chi connectivity index (χ4v) is 4.09.